The molecular formula is C7H11N2O2+. The van der Waals surface area contributed by atoms with Gasteiger partial charge >= 0.3 is 5.56 Å². The van der Waals surface area contributed by atoms with E-state index in [1.54, 1.807) is 13.1 Å². The van der Waals surface area contributed by atoms with Crippen molar-refractivity contribution >= 4 is 0 Å². The van der Waals surface area contributed by atoms with Gasteiger partial charge in [0.1, 0.15) is 6.73 Å². The molecule has 0 atom stereocenters. The Kier molecular flexibility index (Phi) is 2.05. The maximum atomic E-state index is 11.1. The second kappa shape index (κ2) is 2.84. The first-order valence-electron chi connectivity index (χ1n) is 3.36. The molecule has 1 rings (SSSR count). The zero-order chi connectivity index (χ0) is 8.43. The van der Waals surface area contributed by atoms with Crippen LogP contribution in [0.3, 0.4) is 0 Å². The van der Waals surface area contributed by atoms with Crippen molar-refractivity contribution in [3.8, 4) is 0 Å². The topological polar surface area (TPSA) is 56.4 Å². The highest BCUT2D eigenvalue weighted by Crippen LogP contribution is 1.83. The molecule has 0 aliphatic carbocycles. The smallest absolute Gasteiger partial charge is 0.319 e. The fraction of sp³-hybridized carbons (Fsp3) is 0.429. The van der Waals surface area contributed by atoms with Gasteiger partial charge in [-0.05, 0) is 0 Å². The lowest BCUT2D eigenvalue weighted by atomic mass is 10.4. The van der Waals surface area contributed by atoms with Crippen molar-refractivity contribution in [3.05, 3.63) is 27.9 Å². The van der Waals surface area contributed by atoms with Crippen molar-refractivity contribution in [2.75, 3.05) is 0 Å². The van der Waals surface area contributed by atoms with Crippen LogP contribution >= 0.6 is 0 Å². The molecule has 0 aromatic carbocycles. The molecule has 0 unspecified atom stereocenters. The van der Waals surface area contributed by atoms with Gasteiger partial charge in [0.05, 0.1) is 6.20 Å². The van der Waals surface area contributed by atoms with Crippen LogP contribution in [0.4, 0.5) is 0 Å². The van der Waals surface area contributed by atoms with Gasteiger partial charge in [0, 0.05) is 13.8 Å². The van der Waals surface area contributed by atoms with Crippen LogP contribution in [0, 0.1) is 13.8 Å². The summed E-state index contributed by atoms with van der Waals surface area (Å²) in [5.41, 5.74) is 1.22. The minimum absolute atomic E-state index is 0.182. The van der Waals surface area contributed by atoms with Crippen LogP contribution in [0.1, 0.15) is 11.4 Å². The van der Waals surface area contributed by atoms with Crippen molar-refractivity contribution in [3.63, 3.8) is 0 Å². The van der Waals surface area contributed by atoms with E-state index in [0.717, 1.165) is 5.69 Å². The molecule has 4 nitrogen and oxygen atoms in total. The number of hydrogen-bond acceptors (Lipinski definition) is 2. The quantitative estimate of drug-likeness (QED) is 0.579. The predicted octanol–water partition coefficient (Wildman–Crippen LogP) is -0.771. The molecule has 1 aromatic heterocycles. The molecule has 1 heterocycles. The highest BCUT2D eigenvalue weighted by atomic mass is 16.3. The number of nitrogens with zero attached hydrogens (tertiary/aromatic N) is 1. The van der Waals surface area contributed by atoms with Gasteiger partial charge in [-0.2, -0.15) is 0 Å². The van der Waals surface area contributed by atoms with Gasteiger partial charge in [-0.3, -0.25) is 9.36 Å². The SMILES string of the molecule is Cc1cn(CO)c(=O)c(C)[nH+]1. The number of aryl methyl sites for hydroxylation is 2. The minimum atomic E-state index is -0.269. The van der Waals surface area contributed by atoms with Crippen molar-refractivity contribution < 1.29 is 10.1 Å². The summed E-state index contributed by atoms with van der Waals surface area (Å²) in [5, 5.41) is 8.72. The van der Waals surface area contributed by atoms with E-state index in [4.69, 9.17) is 5.11 Å². The Labute approximate surface area is 64.1 Å². The van der Waals surface area contributed by atoms with Crippen LogP contribution in [0.5, 0.6) is 0 Å². The van der Waals surface area contributed by atoms with E-state index in [-0.39, 0.29) is 12.3 Å². The number of hydrogen-bond donors (Lipinski definition) is 1. The number of H-pyrrole nitrogens is 1. The second-order valence-corrected chi connectivity index (χ2v) is 2.48. The van der Waals surface area contributed by atoms with E-state index in [9.17, 15) is 4.79 Å². The number of aromatic nitrogens is 2. The van der Waals surface area contributed by atoms with Crippen LogP contribution in [0.15, 0.2) is 11.0 Å². The van der Waals surface area contributed by atoms with Crippen LogP contribution in [0.2, 0.25) is 0 Å². The number of rotatable bonds is 1. The minimum Gasteiger partial charge on any atom is -0.376 e. The van der Waals surface area contributed by atoms with Crippen LogP contribution < -0.4 is 10.5 Å². The Morgan fingerprint density at radius 1 is 1.64 bits per heavy atom. The summed E-state index contributed by atoms with van der Waals surface area (Å²) in [7, 11) is 0. The zero-order valence-corrected chi connectivity index (χ0v) is 6.59. The van der Waals surface area contributed by atoms with E-state index < -0.39 is 0 Å². The van der Waals surface area contributed by atoms with Gasteiger partial charge in [0.25, 0.3) is 0 Å². The fourth-order valence-electron chi connectivity index (χ4n) is 0.994. The van der Waals surface area contributed by atoms with Gasteiger partial charge in [-0.1, -0.05) is 0 Å². The molecule has 11 heavy (non-hydrogen) atoms. The van der Waals surface area contributed by atoms with Crippen LogP contribution in [-0.4, -0.2) is 9.67 Å². The average Bonchev–Trinajstić information content (AvgIpc) is 1.96. The first-order valence-corrected chi connectivity index (χ1v) is 3.36. The second-order valence-electron chi connectivity index (χ2n) is 2.48. The first kappa shape index (κ1) is 7.94. The lowest BCUT2D eigenvalue weighted by Gasteiger charge is -1.97. The van der Waals surface area contributed by atoms with Crippen molar-refractivity contribution in [1.82, 2.24) is 4.57 Å². The standard InChI is InChI=1S/C7H10N2O2/c1-5-3-9(4-10)7(11)6(2)8-5/h3,10H,4H2,1-2H3/p+1. The molecule has 4 heteroatoms. The Morgan fingerprint density at radius 2 is 2.27 bits per heavy atom. The zero-order valence-electron chi connectivity index (χ0n) is 6.59. The summed E-state index contributed by atoms with van der Waals surface area (Å²) >= 11 is 0. The molecule has 0 aliphatic heterocycles. The van der Waals surface area contributed by atoms with Gasteiger partial charge in [0.15, 0.2) is 5.69 Å². The molecule has 0 saturated heterocycles. The van der Waals surface area contributed by atoms with Crippen molar-refractivity contribution in [2.24, 2.45) is 0 Å². The Hall–Kier alpha value is -1.16. The highest BCUT2D eigenvalue weighted by molar-refractivity contribution is 4.91. The molecule has 0 fully saturated rings. The first-order chi connectivity index (χ1) is 5.15. The summed E-state index contributed by atoms with van der Waals surface area (Å²) in [6.07, 6.45) is 1.58. The Morgan fingerprint density at radius 3 is 2.82 bits per heavy atom. The number of aliphatic hydroxyl groups is 1. The van der Waals surface area contributed by atoms with E-state index >= 15 is 0 Å². The summed E-state index contributed by atoms with van der Waals surface area (Å²) in [4.78, 5) is 14.0. The molecule has 0 amide bonds. The summed E-state index contributed by atoms with van der Waals surface area (Å²) < 4.78 is 1.25. The van der Waals surface area contributed by atoms with Gasteiger partial charge in [0.2, 0.25) is 5.69 Å². The lowest BCUT2D eigenvalue weighted by Crippen LogP contribution is -2.31. The van der Waals surface area contributed by atoms with Crippen LogP contribution in [0.25, 0.3) is 0 Å². The molecular weight excluding hydrogens is 144 g/mol. The maximum absolute atomic E-state index is 11.1. The average molecular weight is 155 g/mol. The molecule has 2 N–H and O–H groups in total. The molecule has 60 valence electrons. The van der Waals surface area contributed by atoms with E-state index in [1.807, 2.05) is 6.92 Å². The number of aliphatic hydroxyl groups excluding tert-OH is 1. The third-order valence-electron chi connectivity index (χ3n) is 1.47. The van der Waals surface area contributed by atoms with Gasteiger partial charge < -0.3 is 5.11 Å². The molecule has 0 aliphatic rings. The number of nitrogens with one attached hydrogen (secondary N) is 1. The molecule has 1 aromatic rings. The molecule has 0 bridgehead atoms. The highest BCUT2D eigenvalue weighted by Gasteiger charge is 2.05. The summed E-state index contributed by atoms with van der Waals surface area (Å²) in [6, 6.07) is 0. The van der Waals surface area contributed by atoms with E-state index in [2.05, 4.69) is 4.98 Å². The lowest BCUT2D eigenvalue weighted by molar-refractivity contribution is -0.400. The molecule has 0 saturated carbocycles. The van der Waals surface area contributed by atoms with E-state index in [1.165, 1.54) is 4.57 Å². The van der Waals surface area contributed by atoms with E-state index in [0.29, 0.717) is 5.69 Å². The van der Waals surface area contributed by atoms with Gasteiger partial charge in [-0.25, -0.2) is 4.98 Å². The maximum Gasteiger partial charge on any atom is 0.319 e. The van der Waals surface area contributed by atoms with Crippen LogP contribution in [-0.2, 0) is 6.73 Å². The van der Waals surface area contributed by atoms with Crippen molar-refractivity contribution in [1.29, 1.82) is 0 Å². The largest absolute Gasteiger partial charge is 0.376 e. The molecule has 0 radical (unpaired) electrons. The van der Waals surface area contributed by atoms with Crippen molar-refractivity contribution in [2.45, 2.75) is 20.6 Å². The third kappa shape index (κ3) is 1.46. The van der Waals surface area contributed by atoms with Gasteiger partial charge in [-0.15, -0.1) is 0 Å². The monoisotopic (exact) mass is 155 g/mol. The summed E-state index contributed by atoms with van der Waals surface area (Å²) in [5.74, 6) is 0. The Bertz CT molecular complexity index is 317. The Balaban J connectivity index is 3.37. The third-order valence-corrected chi connectivity index (χ3v) is 1.47. The number of aromatic amines is 1. The summed E-state index contributed by atoms with van der Waals surface area (Å²) in [6.45, 7) is 3.25. The predicted molar refractivity (Wildman–Crippen MR) is 39.0 cm³/mol. The fourth-order valence-corrected chi connectivity index (χ4v) is 0.994. The molecule has 0 spiro atoms. The normalized spacial score (nSPS) is 10.1.